The van der Waals surface area contributed by atoms with E-state index in [1.165, 1.54) is 12.8 Å². The zero-order valence-electron chi connectivity index (χ0n) is 15.0. The molecule has 1 aromatic carbocycles. The van der Waals surface area contributed by atoms with Crippen LogP contribution in [0.3, 0.4) is 0 Å². The van der Waals surface area contributed by atoms with E-state index in [1.54, 1.807) is 0 Å². The molecule has 0 saturated carbocycles. The van der Waals surface area contributed by atoms with Crippen LogP contribution in [0.1, 0.15) is 49.2 Å². The maximum Gasteiger partial charge on any atom is 0.227 e. The molecule has 1 saturated heterocycles. The molecule has 5 nitrogen and oxygen atoms in total. The summed E-state index contributed by atoms with van der Waals surface area (Å²) in [5.41, 5.74) is 1.99. The van der Waals surface area contributed by atoms with Crippen molar-refractivity contribution in [2.75, 3.05) is 18.0 Å². The molecule has 2 heterocycles. The number of hydrogen-bond donors (Lipinski definition) is 1. The second-order valence-corrected chi connectivity index (χ2v) is 6.57. The second kappa shape index (κ2) is 8.10. The number of nitrogens with one attached hydrogen (secondary N) is 1. The summed E-state index contributed by atoms with van der Waals surface area (Å²) in [7, 11) is 0. The molecule has 3 rings (SSSR count). The van der Waals surface area contributed by atoms with E-state index >= 15 is 0 Å². The molecule has 0 aliphatic carbocycles. The third kappa shape index (κ3) is 4.35. The molecule has 0 spiro atoms. The van der Waals surface area contributed by atoms with Crippen molar-refractivity contribution in [1.29, 1.82) is 0 Å². The van der Waals surface area contributed by atoms with E-state index in [9.17, 15) is 4.79 Å². The smallest absolute Gasteiger partial charge is 0.227 e. The number of hydrogen-bond acceptors (Lipinski definition) is 4. The normalized spacial score (nSPS) is 15.2. The maximum absolute atomic E-state index is 12.6. The number of carbonyl (C=O) groups excluding carboxylic acids is 1. The summed E-state index contributed by atoms with van der Waals surface area (Å²) in [6.07, 6.45) is 3.19. The van der Waals surface area contributed by atoms with Crippen molar-refractivity contribution in [2.24, 2.45) is 0 Å². The Morgan fingerprint density at radius 1 is 1.20 bits per heavy atom. The van der Waals surface area contributed by atoms with Crippen LogP contribution in [0.4, 0.5) is 5.82 Å². The van der Waals surface area contributed by atoms with E-state index in [0.717, 1.165) is 36.6 Å². The molecule has 1 atom stereocenters. The van der Waals surface area contributed by atoms with Gasteiger partial charge in [0.2, 0.25) is 5.91 Å². The number of amides is 1. The summed E-state index contributed by atoms with van der Waals surface area (Å²) in [6, 6.07) is 11.9. The number of benzene rings is 1. The van der Waals surface area contributed by atoms with Gasteiger partial charge in [-0.15, -0.1) is 0 Å². The van der Waals surface area contributed by atoms with Gasteiger partial charge < -0.3 is 10.2 Å². The Kier molecular flexibility index (Phi) is 5.64. The van der Waals surface area contributed by atoms with Crippen LogP contribution in [-0.4, -0.2) is 29.0 Å². The minimum absolute atomic E-state index is 0.0292. The summed E-state index contributed by atoms with van der Waals surface area (Å²) >= 11 is 0. The van der Waals surface area contributed by atoms with Gasteiger partial charge in [-0.25, -0.2) is 9.97 Å². The molecule has 0 radical (unpaired) electrons. The van der Waals surface area contributed by atoms with Crippen LogP contribution in [-0.2, 0) is 11.3 Å². The lowest BCUT2D eigenvalue weighted by Crippen LogP contribution is -2.30. The highest BCUT2D eigenvalue weighted by molar-refractivity contribution is 5.83. The lowest BCUT2D eigenvalue weighted by molar-refractivity contribution is -0.122. The minimum atomic E-state index is -0.135. The monoisotopic (exact) mass is 338 g/mol. The first-order chi connectivity index (χ1) is 12.2. The molecule has 1 amide bonds. The summed E-state index contributed by atoms with van der Waals surface area (Å²) in [5.74, 6) is 1.55. The van der Waals surface area contributed by atoms with Gasteiger partial charge >= 0.3 is 0 Å². The predicted molar refractivity (Wildman–Crippen MR) is 99.5 cm³/mol. The van der Waals surface area contributed by atoms with E-state index < -0.39 is 0 Å². The van der Waals surface area contributed by atoms with E-state index in [4.69, 9.17) is 0 Å². The predicted octanol–water partition coefficient (Wildman–Crippen LogP) is 3.20. The largest absolute Gasteiger partial charge is 0.357 e. The Hall–Kier alpha value is -2.43. The van der Waals surface area contributed by atoms with Gasteiger partial charge in [0, 0.05) is 24.8 Å². The number of nitrogens with zero attached hydrogens (tertiary/aromatic N) is 3. The van der Waals surface area contributed by atoms with E-state index in [1.807, 2.05) is 50.2 Å². The standard InChI is InChI=1S/C20H26N4O/c1-3-17(16-9-5-4-6-10-16)20(25)21-14-18-22-15(2)13-19(23-18)24-11-7-8-12-24/h4-6,9-10,13,17H,3,7-8,11-12,14H2,1-2H3,(H,21,25)/t17-/m1/s1. The molecular weight excluding hydrogens is 312 g/mol. The molecule has 2 aromatic rings. The van der Waals surface area contributed by atoms with Crippen LogP contribution in [0.15, 0.2) is 36.4 Å². The quantitative estimate of drug-likeness (QED) is 0.879. The van der Waals surface area contributed by atoms with Crippen molar-refractivity contribution in [3.8, 4) is 0 Å². The van der Waals surface area contributed by atoms with Crippen LogP contribution < -0.4 is 10.2 Å². The van der Waals surface area contributed by atoms with Gasteiger partial charge in [0.05, 0.1) is 12.5 Å². The van der Waals surface area contributed by atoms with Crippen LogP contribution >= 0.6 is 0 Å². The number of aryl methyl sites for hydroxylation is 1. The van der Waals surface area contributed by atoms with Crippen LogP contribution in [0, 0.1) is 6.92 Å². The molecule has 1 fully saturated rings. The van der Waals surface area contributed by atoms with Gasteiger partial charge in [-0.05, 0) is 31.7 Å². The molecule has 0 bridgehead atoms. The Morgan fingerprint density at radius 3 is 2.60 bits per heavy atom. The van der Waals surface area contributed by atoms with E-state index in [0.29, 0.717) is 12.4 Å². The third-order valence-corrected chi connectivity index (χ3v) is 4.66. The Balaban J connectivity index is 1.67. The highest BCUT2D eigenvalue weighted by Crippen LogP contribution is 2.20. The minimum Gasteiger partial charge on any atom is -0.357 e. The molecule has 1 aliphatic rings. The Bertz CT molecular complexity index is 711. The molecule has 5 heteroatoms. The zero-order chi connectivity index (χ0) is 17.6. The number of anilines is 1. The SMILES string of the molecule is CC[C@@H](C(=O)NCc1nc(C)cc(N2CCCC2)n1)c1ccccc1. The molecular formula is C20H26N4O. The van der Waals surface area contributed by atoms with Crippen molar-refractivity contribution in [3.63, 3.8) is 0 Å². The molecule has 1 N–H and O–H groups in total. The van der Waals surface area contributed by atoms with Crippen molar-refractivity contribution in [2.45, 2.75) is 45.6 Å². The summed E-state index contributed by atoms with van der Waals surface area (Å²) < 4.78 is 0. The number of aromatic nitrogens is 2. The fourth-order valence-corrected chi connectivity index (χ4v) is 3.35. The molecule has 1 aromatic heterocycles. The topological polar surface area (TPSA) is 58.1 Å². The maximum atomic E-state index is 12.6. The van der Waals surface area contributed by atoms with Crippen molar-refractivity contribution >= 4 is 11.7 Å². The van der Waals surface area contributed by atoms with Crippen molar-refractivity contribution < 1.29 is 4.79 Å². The first-order valence-corrected chi connectivity index (χ1v) is 9.09. The number of carbonyl (C=O) groups is 1. The van der Waals surface area contributed by atoms with Gasteiger partial charge in [0.15, 0.2) is 0 Å². The van der Waals surface area contributed by atoms with Gasteiger partial charge in [-0.1, -0.05) is 37.3 Å². The van der Waals surface area contributed by atoms with E-state index in [-0.39, 0.29) is 11.8 Å². The molecule has 1 aliphatic heterocycles. The Labute approximate surface area is 149 Å². The first-order valence-electron chi connectivity index (χ1n) is 9.09. The van der Waals surface area contributed by atoms with Crippen LogP contribution in [0.25, 0.3) is 0 Å². The van der Waals surface area contributed by atoms with Gasteiger partial charge in [-0.2, -0.15) is 0 Å². The highest BCUT2D eigenvalue weighted by atomic mass is 16.1. The summed E-state index contributed by atoms with van der Waals surface area (Å²) in [6.45, 7) is 6.48. The van der Waals surface area contributed by atoms with Crippen molar-refractivity contribution in [1.82, 2.24) is 15.3 Å². The molecule has 25 heavy (non-hydrogen) atoms. The van der Waals surface area contributed by atoms with E-state index in [2.05, 4.69) is 20.2 Å². The van der Waals surface area contributed by atoms with Crippen molar-refractivity contribution in [3.05, 3.63) is 53.5 Å². The average molecular weight is 338 g/mol. The molecule has 0 unspecified atom stereocenters. The average Bonchev–Trinajstić information content (AvgIpc) is 3.16. The van der Waals surface area contributed by atoms with Gasteiger partial charge in [0.25, 0.3) is 0 Å². The summed E-state index contributed by atoms with van der Waals surface area (Å²) in [4.78, 5) is 24.0. The van der Waals surface area contributed by atoms with Crippen LogP contribution in [0.2, 0.25) is 0 Å². The lowest BCUT2D eigenvalue weighted by atomic mass is 9.96. The molecule has 132 valence electrons. The number of rotatable bonds is 6. The fraction of sp³-hybridized carbons (Fsp3) is 0.450. The Morgan fingerprint density at radius 2 is 1.92 bits per heavy atom. The van der Waals surface area contributed by atoms with Gasteiger partial charge in [0.1, 0.15) is 11.6 Å². The zero-order valence-corrected chi connectivity index (χ0v) is 15.0. The first kappa shape index (κ1) is 17.4. The lowest BCUT2D eigenvalue weighted by Gasteiger charge is -2.18. The second-order valence-electron chi connectivity index (χ2n) is 6.57. The summed E-state index contributed by atoms with van der Waals surface area (Å²) in [5, 5.41) is 3.01. The van der Waals surface area contributed by atoms with Crippen LogP contribution in [0.5, 0.6) is 0 Å². The fourth-order valence-electron chi connectivity index (χ4n) is 3.35. The highest BCUT2D eigenvalue weighted by Gasteiger charge is 2.19. The van der Waals surface area contributed by atoms with Gasteiger partial charge in [-0.3, -0.25) is 4.79 Å². The third-order valence-electron chi connectivity index (χ3n) is 4.66.